The van der Waals surface area contributed by atoms with Crippen molar-refractivity contribution in [3.8, 4) is 5.75 Å². The Kier molecular flexibility index (Phi) is 4.25. The Labute approximate surface area is 109 Å². The van der Waals surface area contributed by atoms with Gasteiger partial charge in [-0.05, 0) is 49.8 Å². The van der Waals surface area contributed by atoms with Gasteiger partial charge in [0.05, 0.1) is 12.7 Å². The molecule has 1 aromatic rings. The van der Waals surface area contributed by atoms with Gasteiger partial charge in [0.25, 0.3) is 0 Å². The molecule has 0 radical (unpaired) electrons. The summed E-state index contributed by atoms with van der Waals surface area (Å²) in [6, 6.07) is 8.30. The molecule has 100 valence electrons. The first kappa shape index (κ1) is 13.4. The van der Waals surface area contributed by atoms with Gasteiger partial charge in [0, 0.05) is 13.2 Å². The van der Waals surface area contributed by atoms with E-state index in [0.29, 0.717) is 0 Å². The molecule has 0 bridgehead atoms. The van der Waals surface area contributed by atoms with E-state index in [9.17, 15) is 0 Å². The zero-order valence-corrected chi connectivity index (χ0v) is 11.3. The zero-order chi connectivity index (χ0) is 13.0. The minimum Gasteiger partial charge on any atom is -0.497 e. The summed E-state index contributed by atoms with van der Waals surface area (Å²) in [5, 5.41) is 0. The average molecular weight is 249 g/mol. The van der Waals surface area contributed by atoms with E-state index in [1.54, 1.807) is 14.2 Å². The van der Waals surface area contributed by atoms with Crippen LogP contribution in [-0.4, -0.2) is 25.9 Å². The Balaban J connectivity index is 1.88. The molecule has 0 aromatic heterocycles. The summed E-state index contributed by atoms with van der Waals surface area (Å²) in [7, 11) is 3.49. The maximum absolute atomic E-state index is 6.24. The van der Waals surface area contributed by atoms with Crippen LogP contribution in [0.1, 0.15) is 31.2 Å². The van der Waals surface area contributed by atoms with Gasteiger partial charge in [-0.3, -0.25) is 0 Å². The average Bonchev–Trinajstić information content (AvgIpc) is 2.35. The van der Waals surface area contributed by atoms with Crippen LogP contribution in [0.4, 0.5) is 0 Å². The Morgan fingerprint density at radius 1 is 1.22 bits per heavy atom. The molecule has 1 aromatic carbocycles. The van der Waals surface area contributed by atoms with Crippen molar-refractivity contribution in [1.29, 1.82) is 0 Å². The molecule has 1 aliphatic carbocycles. The van der Waals surface area contributed by atoms with E-state index in [4.69, 9.17) is 15.2 Å². The van der Waals surface area contributed by atoms with Crippen molar-refractivity contribution in [2.24, 2.45) is 5.73 Å². The third-order valence-corrected chi connectivity index (χ3v) is 3.99. The topological polar surface area (TPSA) is 44.5 Å². The normalized spacial score (nSPS) is 19.1. The molecule has 1 saturated carbocycles. The van der Waals surface area contributed by atoms with Crippen LogP contribution in [0.25, 0.3) is 0 Å². The highest BCUT2D eigenvalue weighted by atomic mass is 16.5. The number of hydrogen-bond acceptors (Lipinski definition) is 3. The van der Waals surface area contributed by atoms with Crippen molar-refractivity contribution in [3.63, 3.8) is 0 Å². The van der Waals surface area contributed by atoms with Crippen LogP contribution in [0.15, 0.2) is 24.3 Å². The second-order valence-electron chi connectivity index (χ2n) is 5.26. The molecular weight excluding hydrogens is 226 g/mol. The lowest BCUT2D eigenvalue weighted by Gasteiger charge is -2.42. The van der Waals surface area contributed by atoms with E-state index < -0.39 is 0 Å². The maximum Gasteiger partial charge on any atom is 0.118 e. The summed E-state index contributed by atoms with van der Waals surface area (Å²) in [6.45, 7) is 0. The first-order chi connectivity index (χ1) is 8.67. The molecule has 1 aliphatic rings. The highest BCUT2D eigenvalue weighted by molar-refractivity contribution is 5.27. The molecular formula is C15H23NO2. The van der Waals surface area contributed by atoms with Gasteiger partial charge in [-0.25, -0.2) is 0 Å². The van der Waals surface area contributed by atoms with E-state index in [1.807, 2.05) is 12.1 Å². The maximum atomic E-state index is 6.24. The standard InChI is InChI=1S/C15H23NO2/c1-17-14-6-4-12(5-7-14)10-13(16)11-15(18-2)8-3-9-15/h4-7,13H,3,8-11,16H2,1-2H3. The van der Waals surface area contributed by atoms with Crippen molar-refractivity contribution >= 4 is 0 Å². The molecule has 0 aliphatic heterocycles. The van der Waals surface area contributed by atoms with Crippen LogP contribution in [0.3, 0.4) is 0 Å². The van der Waals surface area contributed by atoms with Crippen LogP contribution < -0.4 is 10.5 Å². The second kappa shape index (κ2) is 5.72. The molecule has 0 heterocycles. The largest absolute Gasteiger partial charge is 0.497 e. The van der Waals surface area contributed by atoms with Gasteiger partial charge in [0.2, 0.25) is 0 Å². The highest BCUT2D eigenvalue weighted by Crippen LogP contribution is 2.38. The highest BCUT2D eigenvalue weighted by Gasteiger charge is 2.38. The summed E-state index contributed by atoms with van der Waals surface area (Å²) < 4.78 is 10.8. The minimum absolute atomic E-state index is 0.0614. The second-order valence-corrected chi connectivity index (χ2v) is 5.26. The number of methoxy groups -OCH3 is 2. The van der Waals surface area contributed by atoms with Crippen LogP contribution in [0.5, 0.6) is 5.75 Å². The van der Waals surface area contributed by atoms with E-state index in [-0.39, 0.29) is 11.6 Å². The fraction of sp³-hybridized carbons (Fsp3) is 0.600. The van der Waals surface area contributed by atoms with Crippen molar-refractivity contribution in [3.05, 3.63) is 29.8 Å². The van der Waals surface area contributed by atoms with E-state index in [0.717, 1.165) is 31.4 Å². The number of hydrogen-bond donors (Lipinski definition) is 1. The summed E-state index contributed by atoms with van der Waals surface area (Å²) in [6.07, 6.45) is 5.42. The van der Waals surface area contributed by atoms with Crippen LogP contribution in [-0.2, 0) is 11.2 Å². The summed E-state index contributed by atoms with van der Waals surface area (Å²) in [4.78, 5) is 0. The molecule has 2 rings (SSSR count). The number of benzene rings is 1. The molecule has 0 spiro atoms. The Bertz CT molecular complexity index is 365. The smallest absolute Gasteiger partial charge is 0.118 e. The molecule has 0 saturated heterocycles. The summed E-state index contributed by atoms with van der Waals surface area (Å²) >= 11 is 0. The lowest BCUT2D eigenvalue weighted by molar-refractivity contribution is -0.0813. The van der Waals surface area contributed by atoms with Gasteiger partial charge in [0.15, 0.2) is 0 Å². The SMILES string of the molecule is COc1ccc(CC(N)CC2(OC)CCC2)cc1. The van der Waals surface area contributed by atoms with Crippen molar-refractivity contribution in [1.82, 2.24) is 0 Å². The van der Waals surface area contributed by atoms with Gasteiger partial charge in [-0.2, -0.15) is 0 Å². The van der Waals surface area contributed by atoms with E-state index in [1.165, 1.54) is 12.0 Å². The third-order valence-electron chi connectivity index (χ3n) is 3.99. The number of nitrogens with two attached hydrogens (primary N) is 1. The van der Waals surface area contributed by atoms with Gasteiger partial charge < -0.3 is 15.2 Å². The number of ether oxygens (including phenoxy) is 2. The fourth-order valence-electron chi connectivity index (χ4n) is 2.68. The monoisotopic (exact) mass is 249 g/mol. The van der Waals surface area contributed by atoms with Gasteiger partial charge in [0.1, 0.15) is 5.75 Å². The molecule has 2 N–H and O–H groups in total. The predicted octanol–water partition coefficient (Wildman–Crippen LogP) is 2.52. The van der Waals surface area contributed by atoms with Gasteiger partial charge >= 0.3 is 0 Å². The first-order valence-electron chi connectivity index (χ1n) is 6.61. The zero-order valence-electron chi connectivity index (χ0n) is 11.3. The molecule has 3 heteroatoms. The lowest BCUT2D eigenvalue weighted by Crippen LogP contribution is -2.44. The van der Waals surface area contributed by atoms with Crippen molar-refractivity contribution in [2.75, 3.05) is 14.2 Å². The summed E-state index contributed by atoms with van der Waals surface area (Å²) in [5.74, 6) is 0.889. The van der Waals surface area contributed by atoms with E-state index in [2.05, 4.69) is 12.1 Å². The molecule has 1 fully saturated rings. The predicted molar refractivity (Wildman–Crippen MR) is 72.9 cm³/mol. The first-order valence-corrected chi connectivity index (χ1v) is 6.61. The molecule has 1 unspecified atom stereocenters. The molecule has 1 atom stereocenters. The van der Waals surface area contributed by atoms with Crippen LogP contribution >= 0.6 is 0 Å². The summed E-state index contributed by atoms with van der Waals surface area (Å²) in [5.41, 5.74) is 7.56. The minimum atomic E-state index is 0.0614. The number of rotatable bonds is 6. The van der Waals surface area contributed by atoms with Gasteiger partial charge in [-0.1, -0.05) is 12.1 Å². The Morgan fingerprint density at radius 2 is 1.89 bits per heavy atom. The molecule has 0 amide bonds. The van der Waals surface area contributed by atoms with E-state index >= 15 is 0 Å². The van der Waals surface area contributed by atoms with Crippen molar-refractivity contribution in [2.45, 2.75) is 43.7 Å². The fourth-order valence-corrected chi connectivity index (χ4v) is 2.68. The van der Waals surface area contributed by atoms with Crippen LogP contribution in [0, 0.1) is 0 Å². The lowest BCUT2D eigenvalue weighted by atomic mass is 9.75. The Hall–Kier alpha value is -1.06. The Morgan fingerprint density at radius 3 is 2.33 bits per heavy atom. The van der Waals surface area contributed by atoms with Crippen LogP contribution in [0.2, 0.25) is 0 Å². The van der Waals surface area contributed by atoms with Gasteiger partial charge in [-0.15, -0.1) is 0 Å². The quantitative estimate of drug-likeness (QED) is 0.842. The molecule has 18 heavy (non-hydrogen) atoms. The third kappa shape index (κ3) is 3.03. The molecule has 3 nitrogen and oxygen atoms in total. The van der Waals surface area contributed by atoms with Crippen molar-refractivity contribution < 1.29 is 9.47 Å².